The van der Waals surface area contributed by atoms with E-state index in [1.54, 1.807) is 25.1 Å². The lowest BCUT2D eigenvalue weighted by Gasteiger charge is -2.13. The van der Waals surface area contributed by atoms with Crippen molar-refractivity contribution in [2.75, 3.05) is 32.4 Å². The standard InChI is InChI=1S/C20H22FN5O4/c1-11-5-6-14(13(21)7-11)23-17(27)10-26-20(22)24-19(25-26)12-8-15(28-2)18(30-4)16(9-12)29-3/h5-9H,10H2,1-4H3,(H,23,27)(H2,22,24,25). The van der Waals surface area contributed by atoms with E-state index in [1.807, 2.05) is 0 Å². The predicted octanol–water partition coefficient (Wildman–Crippen LogP) is 2.64. The van der Waals surface area contributed by atoms with Crippen molar-refractivity contribution in [2.24, 2.45) is 0 Å². The molecule has 3 aromatic rings. The van der Waals surface area contributed by atoms with E-state index in [2.05, 4.69) is 15.4 Å². The van der Waals surface area contributed by atoms with Crippen LogP contribution in [0.15, 0.2) is 30.3 Å². The molecule has 0 aliphatic carbocycles. The summed E-state index contributed by atoms with van der Waals surface area (Å²) >= 11 is 0. The molecule has 0 radical (unpaired) electrons. The summed E-state index contributed by atoms with van der Waals surface area (Å²) in [6.07, 6.45) is 0. The van der Waals surface area contributed by atoms with Gasteiger partial charge in [0.2, 0.25) is 17.6 Å². The zero-order valence-electron chi connectivity index (χ0n) is 17.0. The maximum atomic E-state index is 14.0. The van der Waals surface area contributed by atoms with Crippen LogP contribution >= 0.6 is 0 Å². The van der Waals surface area contributed by atoms with Crippen LogP contribution in [0, 0.1) is 12.7 Å². The quantitative estimate of drug-likeness (QED) is 0.610. The number of nitrogens with one attached hydrogen (secondary N) is 1. The Morgan fingerprint density at radius 1 is 1.13 bits per heavy atom. The third-order valence-electron chi connectivity index (χ3n) is 4.32. The summed E-state index contributed by atoms with van der Waals surface area (Å²) in [5.41, 5.74) is 7.30. The van der Waals surface area contributed by atoms with Crippen LogP contribution in [-0.2, 0) is 11.3 Å². The van der Waals surface area contributed by atoms with E-state index >= 15 is 0 Å². The van der Waals surface area contributed by atoms with Crippen molar-refractivity contribution in [1.82, 2.24) is 14.8 Å². The van der Waals surface area contributed by atoms with Gasteiger partial charge in [-0.1, -0.05) is 6.07 Å². The first-order valence-electron chi connectivity index (χ1n) is 8.93. The van der Waals surface area contributed by atoms with Crippen molar-refractivity contribution in [1.29, 1.82) is 0 Å². The molecule has 158 valence electrons. The van der Waals surface area contributed by atoms with Crippen LogP contribution in [0.1, 0.15) is 5.56 Å². The summed E-state index contributed by atoms with van der Waals surface area (Å²) < 4.78 is 31.1. The smallest absolute Gasteiger partial charge is 0.246 e. The second-order valence-electron chi connectivity index (χ2n) is 6.40. The molecule has 30 heavy (non-hydrogen) atoms. The number of ether oxygens (including phenoxy) is 3. The van der Waals surface area contributed by atoms with Crippen LogP contribution < -0.4 is 25.3 Å². The first-order chi connectivity index (χ1) is 14.4. The molecule has 0 atom stereocenters. The average molecular weight is 415 g/mol. The molecule has 0 bridgehead atoms. The van der Waals surface area contributed by atoms with Crippen molar-refractivity contribution in [2.45, 2.75) is 13.5 Å². The lowest BCUT2D eigenvalue weighted by atomic mass is 10.1. The van der Waals surface area contributed by atoms with Crippen molar-refractivity contribution >= 4 is 17.5 Å². The van der Waals surface area contributed by atoms with E-state index in [9.17, 15) is 9.18 Å². The van der Waals surface area contributed by atoms with Gasteiger partial charge >= 0.3 is 0 Å². The maximum Gasteiger partial charge on any atom is 0.246 e. The number of benzene rings is 2. The lowest BCUT2D eigenvalue weighted by Crippen LogP contribution is -2.21. The summed E-state index contributed by atoms with van der Waals surface area (Å²) in [4.78, 5) is 16.5. The molecule has 3 rings (SSSR count). The molecule has 3 N–H and O–H groups in total. The Bertz CT molecular complexity index is 1060. The van der Waals surface area contributed by atoms with Crippen LogP contribution in [0.25, 0.3) is 11.4 Å². The molecule has 0 spiro atoms. The van der Waals surface area contributed by atoms with Gasteiger partial charge in [0.25, 0.3) is 0 Å². The number of carbonyl (C=O) groups excluding carboxylic acids is 1. The van der Waals surface area contributed by atoms with Crippen molar-refractivity contribution < 1.29 is 23.4 Å². The second-order valence-corrected chi connectivity index (χ2v) is 6.40. The molecule has 1 amide bonds. The summed E-state index contributed by atoms with van der Waals surface area (Å²) in [6.45, 7) is 1.52. The van der Waals surface area contributed by atoms with Crippen LogP contribution in [-0.4, -0.2) is 42.0 Å². The number of nitrogen functional groups attached to an aromatic ring is 1. The topological polar surface area (TPSA) is 114 Å². The number of aryl methyl sites for hydroxylation is 1. The van der Waals surface area contributed by atoms with Gasteiger partial charge in [-0.3, -0.25) is 4.79 Å². The summed E-state index contributed by atoms with van der Waals surface area (Å²) in [5, 5.41) is 6.78. The highest BCUT2D eigenvalue weighted by molar-refractivity contribution is 5.90. The largest absolute Gasteiger partial charge is 0.493 e. The first-order valence-corrected chi connectivity index (χ1v) is 8.93. The van der Waals surface area contributed by atoms with Gasteiger partial charge in [0.15, 0.2) is 17.3 Å². The molecule has 0 unspecified atom stereocenters. The molecular weight excluding hydrogens is 393 g/mol. The molecule has 10 heteroatoms. The summed E-state index contributed by atoms with van der Waals surface area (Å²) in [6, 6.07) is 7.87. The third kappa shape index (κ3) is 4.27. The zero-order valence-corrected chi connectivity index (χ0v) is 17.0. The maximum absolute atomic E-state index is 14.0. The van der Waals surface area contributed by atoms with Gasteiger partial charge in [0.05, 0.1) is 27.0 Å². The van der Waals surface area contributed by atoms with Gasteiger partial charge in [0, 0.05) is 5.56 Å². The highest BCUT2D eigenvalue weighted by Gasteiger charge is 2.18. The molecule has 2 aromatic carbocycles. The fourth-order valence-corrected chi connectivity index (χ4v) is 2.85. The van der Waals surface area contributed by atoms with E-state index in [0.29, 0.717) is 22.8 Å². The molecule has 0 aliphatic rings. The molecular formula is C20H22FN5O4. The zero-order chi connectivity index (χ0) is 21.8. The van der Waals surface area contributed by atoms with Crippen LogP contribution in [0.2, 0.25) is 0 Å². The van der Waals surface area contributed by atoms with Crippen molar-refractivity contribution in [3.63, 3.8) is 0 Å². The Morgan fingerprint density at radius 3 is 2.37 bits per heavy atom. The fraction of sp³-hybridized carbons (Fsp3) is 0.250. The van der Waals surface area contributed by atoms with E-state index in [-0.39, 0.29) is 24.0 Å². The molecule has 1 heterocycles. The van der Waals surface area contributed by atoms with Crippen molar-refractivity contribution in [3.8, 4) is 28.6 Å². The van der Waals surface area contributed by atoms with Crippen molar-refractivity contribution in [3.05, 3.63) is 41.7 Å². The number of methoxy groups -OCH3 is 3. The number of hydrogen-bond acceptors (Lipinski definition) is 7. The predicted molar refractivity (Wildman–Crippen MR) is 109 cm³/mol. The third-order valence-corrected chi connectivity index (χ3v) is 4.32. The highest BCUT2D eigenvalue weighted by atomic mass is 19.1. The summed E-state index contributed by atoms with van der Waals surface area (Å²) in [7, 11) is 4.49. The Hall–Kier alpha value is -3.82. The number of carbonyl (C=O) groups is 1. The second kappa shape index (κ2) is 8.68. The molecule has 0 fully saturated rings. The van der Waals surface area contributed by atoms with Gasteiger partial charge in [0.1, 0.15) is 12.4 Å². The number of rotatable bonds is 7. The Morgan fingerprint density at radius 2 is 1.80 bits per heavy atom. The Kier molecular flexibility index (Phi) is 6.05. The lowest BCUT2D eigenvalue weighted by molar-refractivity contribution is -0.116. The number of aromatic nitrogens is 3. The first kappa shape index (κ1) is 20.9. The minimum atomic E-state index is -0.520. The van der Waals surface area contributed by atoms with Gasteiger partial charge < -0.3 is 25.3 Å². The summed E-state index contributed by atoms with van der Waals surface area (Å²) in [5.74, 6) is 0.553. The number of anilines is 2. The minimum absolute atomic E-state index is 0.0262. The number of nitrogens with zero attached hydrogens (tertiary/aromatic N) is 3. The normalized spacial score (nSPS) is 10.6. The number of nitrogens with two attached hydrogens (primary N) is 1. The van der Waals surface area contributed by atoms with E-state index in [4.69, 9.17) is 19.9 Å². The molecule has 1 aromatic heterocycles. The fourth-order valence-electron chi connectivity index (χ4n) is 2.85. The van der Waals surface area contributed by atoms with E-state index in [0.717, 1.165) is 5.56 Å². The Labute approximate surface area is 172 Å². The molecule has 0 saturated carbocycles. The van der Waals surface area contributed by atoms with Crippen LogP contribution in [0.3, 0.4) is 0 Å². The van der Waals surface area contributed by atoms with Crippen LogP contribution in [0.5, 0.6) is 17.2 Å². The molecule has 9 nitrogen and oxygen atoms in total. The number of halogens is 1. The van der Waals surface area contributed by atoms with E-state index in [1.165, 1.54) is 38.1 Å². The number of hydrogen-bond donors (Lipinski definition) is 2. The van der Waals surface area contributed by atoms with Gasteiger partial charge in [-0.05, 0) is 36.8 Å². The average Bonchev–Trinajstić information content (AvgIpc) is 3.09. The van der Waals surface area contributed by atoms with Gasteiger partial charge in [-0.15, -0.1) is 5.10 Å². The molecule has 0 aliphatic heterocycles. The minimum Gasteiger partial charge on any atom is -0.493 e. The van der Waals surface area contributed by atoms with Gasteiger partial charge in [-0.25, -0.2) is 9.07 Å². The SMILES string of the molecule is COc1cc(-c2nc(N)n(CC(=O)Nc3ccc(C)cc3F)n2)cc(OC)c1OC. The number of amides is 1. The Balaban J connectivity index is 1.84. The van der Waals surface area contributed by atoms with Gasteiger partial charge in [-0.2, -0.15) is 4.98 Å². The van der Waals surface area contributed by atoms with Crippen LogP contribution in [0.4, 0.5) is 16.0 Å². The monoisotopic (exact) mass is 415 g/mol. The van der Waals surface area contributed by atoms with E-state index < -0.39 is 11.7 Å². The molecule has 0 saturated heterocycles. The highest BCUT2D eigenvalue weighted by Crippen LogP contribution is 2.40.